The average molecular weight is 2100 g/mol. The number of piperazine rings is 4. The normalized spacial score (nSPS) is 14.4. The van der Waals surface area contributed by atoms with Gasteiger partial charge in [0.2, 0.25) is 70.9 Å². The van der Waals surface area contributed by atoms with Gasteiger partial charge in [-0.05, 0) is 172 Å². The average Bonchev–Trinajstić information content (AvgIpc) is 0.800. The van der Waals surface area contributed by atoms with Gasteiger partial charge >= 0.3 is 12.4 Å². The van der Waals surface area contributed by atoms with Crippen molar-refractivity contribution >= 4 is 141 Å². The Morgan fingerprint density at radius 1 is 0.369 bits per heavy atom. The number of phenols is 1. The van der Waals surface area contributed by atoms with Crippen LogP contribution in [-0.4, -0.2) is 231 Å². The minimum absolute atomic E-state index is 0.0127. The molecule has 4 aliphatic heterocycles. The van der Waals surface area contributed by atoms with Crippen LogP contribution in [0.4, 0.5) is 58.9 Å². The van der Waals surface area contributed by atoms with Gasteiger partial charge in [0, 0.05) is 136 Å². The second kappa shape index (κ2) is 49.1. The highest BCUT2D eigenvalue weighted by Crippen LogP contribution is 2.45. The fraction of sp³-hybridized carbons (Fsp3) is 0.287. The fourth-order valence-corrected chi connectivity index (χ4v) is 18.6. The highest BCUT2D eigenvalue weighted by Gasteiger charge is 2.38. The number of pyridine rings is 1. The molecule has 4 fully saturated rings. The number of carbonyl (C=O) groups is 4. The van der Waals surface area contributed by atoms with Gasteiger partial charge < -0.3 is 91.3 Å². The van der Waals surface area contributed by atoms with E-state index in [1.54, 1.807) is 85.3 Å². The third-order valence-corrected chi connectivity index (χ3v) is 27.0. The molecule has 0 radical (unpaired) electrons. The minimum atomic E-state index is -4.77. The van der Waals surface area contributed by atoms with Crippen molar-refractivity contribution in [2.45, 2.75) is 84.6 Å². The monoisotopic (exact) mass is 2100 g/mol. The van der Waals surface area contributed by atoms with Crippen LogP contribution < -0.4 is 61.5 Å². The Hall–Kier alpha value is -12.1. The molecule has 742 valence electrons. The molecule has 31 nitrogen and oxygen atoms in total. The number of alkyl halides is 6. The van der Waals surface area contributed by atoms with E-state index < -0.39 is 75.6 Å². The molecular weight excluding hydrogens is 2010 g/mol. The number of amides is 4. The number of anilines is 4. The summed E-state index contributed by atoms with van der Waals surface area (Å²) in [6.45, 7) is 13.4. The predicted molar refractivity (Wildman–Crippen MR) is 522 cm³/mol. The van der Waals surface area contributed by atoms with Gasteiger partial charge in [-0.15, -0.1) is 0 Å². The van der Waals surface area contributed by atoms with Gasteiger partial charge in [-0.2, -0.15) is 46.3 Å². The van der Waals surface area contributed by atoms with Crippen LogP contribution in [0.15, 0.2) is 216 Å². The van der Waals surface area contributed by atoms with Crippen LogP contribution in [-0.2, 0) is 45.4 Å². The van der Waals surface area contributed by atoms with E-state index in [9.17, 15) is 64.5 Å². The smallest absolute Gasteiger partial charge is 0.417 e. The van der Waals surface area contributed by atoms with Crippen molar-refractivity contribution in [2.75, 3.05) is 153 Å². The number of benzene rings is 7. The number of phenolic OH excluding ortho intramolecular Hbond substituents is 1. The highest BCUT2D eigenvalue weighted by molar-refractivity contribution is 8.00. The number of nitrogens with two attached hydrogens (primary N) is 4. The Labute approximate surface area is 842 Å². The number of hydrogen-bond donors (Lipinski definition) is 6. The summed E-state index contributed by atoms with van der Waals surface area (Å²) in [5, 5.41) is 20.1. The molecule has 141 heavy (non-hydrogen) atoms. The van der Waals surface area contributed by atoms with E-state index in [4.69, 9.17) is 93.3 Å². The molecule has 10 N–H and O–H groups in total. The molecule has 0 spiro atoms. The molecule has 5 aromatic heterocycles. The van der Waals surface area contributed by atoms with Crippen molar-refractivity contribution in [1.82, 2.24) is 64.5 Å². The Balaban J connectivity index is 0.000000158. The fourth-order valence-electron chi connectivity index (χ4n) is 14.0. The van der Waals surface area contributed by atoms with Crippen molar-refractivity contribution in [1.29, 1.82) is 0 Å². The summed E-state index contributed by atoms with van der Waals surface area (Å²) in [5.41, 5.74) is 21.4. The minimum Gasteiger partial charge on any atom is -0.505 e. The van der Waals surface area contributed by atoms with Crippen molar-refractivity contribution in [3.63, 3.8) is 0 Å². The summed E-state index contributed by atoms with van der Waals surface area (Å²) in [4.78, 5) is 108. The molecule has 0 bridgehead atoms. The van der Waals surface area contributed by atoms with E-state index in [0.717, 1.165) is 160 Å². The van der Waals surface area contributed by atoms with Gasteiger partial charge in [-0.25, -0.2) is 28.7 Å². The molecule has 4 saturated heterocycles. The summed E-state index contributed by atoms with van der Waals surface area (Å²) in [5.74, 6) is -2.03. The lowest BCUT2D eigenvalue weighted by Gasteiger charge is -2.32. The predicted octanol–water partition coefficient (Wildman–Crippen LogP) is 15.8. The first-order valence-corrected chi connectivity index (χ1v) is 48.0. The second-order valence-corrected chi connectivity index (χ2v) is 38.3. The number of aromatic hydroxyl groups is 1. The molecule has 4 aliphatic rings. The van der Waals surface area contributed by atoms with E-state index >= 15 is 0 Å². The van der Waals surface area contributed by atoms with Crippen molar-refractivity contribution < 1.29 is 83.5 Å². The molecule has 0 saturated carbocycles. The van der Waals surface area contributed by atoms with Crippen LogP contribution in [0.5, 0.6) is 29.3 Å². The maximum Gasteiger partial charge on any atom is 0.417 e. The summed E-state index contributed by atoms with van der Waals surface area (Å²) in [6, 6.07) is 35.4. The standard InChI is InChI=1S/C24H22ClF4N5O2S.C24H23ClF3N5O2S.C23H23ClFN5O3S.C23H25ClN6O3S/c1-33-6-8-34(9-7-33)23-31-12-20(22(32-23)36-13-14-2-5-19(26)18(25)10-14)37-15-3-4-16(21(30)35)17(11-15)24(27,28)29;1-32-7-9-33(10-8-32)23-30-13-20(22(31-23)35-14-15-3-2-4-16(25)11-15)36-17-5-6-18(21(29)34)19(12-17)24(26,27)28;1-29-6-8-30(9-7-29)23-27-12-20(34-15-3-4-16(21(26)32)17(24)11-15)22(28-23)33-13-14-2-5-18(25)19(31)10-14;1-29-6-8-30(9-7-29)23-27-12-20(34-17-2-3-18(21(25)32)19(24)11-17)22(28-23)33-14-16-10-15(13-31)4-5-26-16/h2-5,10-12H,6-9,13H2,1H3,(H2,30,35);2-6,11-13H,7-10,14H2,1H3,(H2,29,34);2-5,10-12,31H,6-9,13H2,1H3,(H2,26,32);2-5,10-12,31H,6-9,13-14H2,1H3,(H2,25,32). The molecule has 0 aliphatic carbocycles. The first-order valence-electron chi connectivity index (χ1n) is 43.2. The molecule has 47 heteroatoms. The number of ether oxygens (including phenoxy) is 4. The highest BCUT2D eigenvalue weighted by atomic mass is 35.5. The summed E-state index contributed by atoms with van der Waals surface area (Å²) < 4.78 is 132. The number of rotatable bonds is 29. The number of aliphatic hydroxyl groups excluding tert-OH is 1. The molecular formula is C94H93Cl4F8N21O10S4. The molecule has 4 amide bonds. The van der Waals surface area contributed by atoms with Crippen LogP contribution >= 0.6 is 93.5 Å². The van der Waals surface area contributed by atoms with Crippen LogP contribution in [0.25, 0.3) is 0 Å². The lowest BCUT2D eigenvalue weighted by Crippen LogP contribution is -2.45. The lowest BCUT2D eigenvalue weighted by molar-refractivity contribution is -0.138. The van der Waals surface area contributed by atoms with Gasteiger partial charge in [-0.1, -0.05) is 118 Å². The number of aromatic nitrogens is 9. The number of primary amides is 4. The van der Waals surface area contributed by atoms with Gasteiger partial charge in [0.05, 0.1) is 105 Å². The van der Waals surface area contributed by atoms with Gasteiger partial charge in [-0.3, -0.25) is 24.2 Å². The zero-order valence-electron chi connectivity index (χ0n) is 75.8. The molecule has 0 unspecified atom stereocenters. The maximum atomic E-state index is 13.5. The van der Waals surface area contributed by atoms with E-state index in [1.807, 2.05) is 30.0 Å². The molecule has 0 atom stereocenters. The van der Waals surface area contributed by atoms with Gasteiger partial charge in [0.1, 0.15) is 32.2 Å². The number of nitrogens with zero attached hydrogens (tertiary/aromatic N) is 17. The van der Waals surface area contributed by atoms with Crippen LogP contribution in [0.3, 0.4) is 0 Å². The van der Waals surface area contributed by atoms with Crippen molar-refractivity contribution in [3.8, 4) is 29.3 Å². The Kier molecular flexibility index (Phi) is 36.9. The number of likely N-dealkylation sites (N-methyl/N-ethyl adjacent to an activating group) is 4. The Morgan fingerprint density at radius 2 is 0.695 bits per heavy atom. The van der Waals surface area contributed by atoms with Crippen molar-refractivity contribution in [2.24, 2.45) is 22.9 Å². The first kappa shape index (κ1) is 106. The summed E-state index contributed by atoms with van der Waals surface area (Å²) in [7, 11) is 8.21. The topological polar surface area (TPSA) is 392 Å². The van der Waals surface area contributed by atoms with E-state index in [1.165, 1.54) is 84.4 Å². The zero-order chi connectivity index (χ0) is 101. The van der Waals surface area contributed by atoms with Crippen LogP contribution in [0, 0.1) is 11.6 Å². The van der Waals surface area contributed by atoms with E-state index in [2.05, 4.69) is 83.4 Å². The second-order valence-electron chi connectivity index (χ2n) is 32.2. The van der Waals surface area contributed by atoms with Crippen LogP contribution in [0.1, 0.15) is 80.5 Å². The summed E-state index contributed by atoms with van der Waals surface area (Å²) in [6.07, 6.45) is -1.45. The maximum absolute atomic E-state index is 13.5. The molecule has 12 aromatic rings. The number of halogens is 12. The van der Waals surface area contributed by atoms with Gasteiger partial charge in [0.15, 0.2) is 11.6 Å². The molecule has 16 rings (SSSR count). The quantitative estimate of drug-likeness (QED) is 0.0237. The van der Waals surface area contributed by atoms with E-state index in [0.29, 0.717) is 90.1 Å². The largest absolute Gasteiger partial charge is 0.505 e. The Morgan fingerprint density at radius 3 is 1.01 bits per heavy atom. The number of hydrogen-bond acceptors (Lipinski definition) is 31. The SMILES string of the molecule is CN1CCN(c2ncc(Sc3ccc(C(N)=O)c(C(F)(F)F)c3)c(OCc3ccc(F)c(Cl)c3)n2)CC1.CN1CCN(c2ncc(Sc3ccc(C(N)=O)c(C(F)(F)F)c3)c(OCc3cccc(Cl)c3)n2)CC1.CN1CCN(c2ncc(Sc3ccc(C(N)=O)c(Cl)c3)c(OCc3cc(CO)ccn3)n2)CC1.CN1CCN(c2ncc(Sc3ccc(C(N)=O)c(Cl)c3)c(OCc3ccc(F)c(O)c3)n2)CC1. The summed E-state index contributed by atoms with van der Waals surface area (Å²) >= 11 is 29.0. The zero-order valence-corrected chi connectivity index (χ0v) is 82.1. The Bertz CT molecular complexity index is 6460. The lowest BCUT2D eigenvalue weighted by atomic mass is 10.1. The third-order valence-electron chi connectivity index (χ3n) is 21.9. The molecule has 7 aromatic carbocycles. The van der Waals surface area contributed by atoms with Crippen molar-refractivity contribution in [3.05, 3.63) is 270 Å². The number of aliphatic hydroxyl groups is 1. The van der Waals surface area contributed by atoms with Gasteiger partial charge in [0.25, 0.3) is 0 Å². The first-order chi connectivity index (χ1) is 67.3. The van der Waals surface area contributed by atoms with E-state index in [-0.39, 0.29) is 80.8 Å². The third kappa shape index (κ3) is 30.0. The van der Waals surface area contributed by atoms with Crippen LogP contribution in [0.2, 0.25) is 20.1 Å². The molecule has 9 heterocycles. The number of carbonyl (C=O) groups excluding carboxylic acids is 4.